The van der Waals surface area contributed by atoms with Crippen LogP contribution in [0.1, 0.15) is 20.7 Å². The van der Waals surface area contributed by atoms with Crippen molar-refractivity contribution < 1.29 is 14.7 Å². The SMILES string of the molecule is N#CNC(=O)c1ccccc1C(=O)O. The topological polar surface area (TPSA) is 90.2 Å². The van der Waals surface area contributed by atoms with Crippen LogP contribution in [0.5, 0.6) is 0 Å². The molecule has 0 heterocycles. The van der Waals surface area contributed by atoms with Crippen molar-refractivity contribution in [3.8, 4) is 6.19 Å². The van der Waals surface area contributed by atoms with E-state index in [1.165, 1.54) is 30.5 Å². The Hall–Kier alpha value is -2.35. The van der Waals surface area contributed by atoms with Gasteiger partial charge in [-0.2, -0.15) is 5.26 Å². The number of nitrogens with one attached hydrogen (secondary N) is 1. The molecule has 0 aliphatic carbocycles. The van der Waals surface area contributed by atoms with Gasteiger partial charge in [-0.05, 0) is 12.1 Å². The average Bonchev–Trinajstić information content (AvgIpc) is 2.18. The third kappa shape index (κ3) is 1.87. The lowest BCUT2D eigenvalue weighted by Gasteiger charge is -2.01. The number of hydrogen-bond acceptors (Lipinski definition) is 3. The Labute approximate surface area is 79.6 Å². The zero-order chi connectivity index (χ0) is 10.6. The monoisotopic (exact) mass is 190 g/mol. The van der Waals surface area contributed by atoms with Crippen molar-refractivity contribution in [3.63, 3.8) is 0 Å². The van der Waals surface area contributed by atoms with Gasteiger partial charge in [-0.15, -0.1) is 0 Å². The van der Waals surface area contributed by atoms with Crippen molar-refractivity contribution in [2.45, 2.75) is 0 Å². The Morgan fingerprint density at radius 3 is 2.36 bits per heavy atom. The van der Waals surface area contributed by atoms with Crippen LogP contribution in [0.2, 0.25) is 0 Å². The van der Waals surface area contributed by atoms with E-state index in [-0.39, 0.29) is 11.1 Å². The fourth-order valence-corrected chi connectivity index (χ4v) is 0.986. The highest BCUT2D eigenvalue weighted by Crippen LogP contribution is 2.08. The Morgan fingerprint density at radius 2 is 1.86 bits per heavy atom. The number of carboxylic acid groups (broad SMARTS) is 1. The lowest BCUT2D eigenvalue weighted by atomic mass is 10.1. The summed E-state index contributed by atoms with van der Waals surface area (Å²) in [6.07, 6.45) is 1.44. The molecule has 5 heteroatoms. The third-order valence-corrected chi connectivity index (χ3v) is 1.57. The zero-order valence-corrected chi connectivity index (χ0v) is 7.02. The summed E-state index contributed by atoms with van der Waals surface area (Å²) in [7, 11) is 0. The first-order valence-electron chi connectivity index (χ1n) is 3.68. The van der Waals surface area contributed by atoms with Crippen LogP contribution in [-0.4, -0.2) is 17.0 Å². The summed E-state index contributed by atoms with van der Waals surface area (Å²) in [5, 5.41) is 18.8. The van der Waals surface area contributed by atoms with E-state index in [2.05, 4.69) is 0 Å². The zero-order valence-electron chi connectivity index (χ0n) is 7.02. The van der Waals surface area contributed by atoms with Crippen molar-refractivity contribution >= 4 is 11.9 Å². The summed E-state index contributed by atoms with van der Waals surface area (Å²) in [6, 6.07) is 5.68. The molecule has 0 spiro atoms. The Bertz CT molecular complexity index is 420. The van der Waals surface area contributed by atoms with Crippen molar-refractivity contribution in [1.82, 2.24) is 5.32 Å². The second-order valence-corrected chi connectivity index (χ2v) is 2.42. The number of carbonyl (C=O) groups is 2. The molecule has 2 N–H and O–H groups in total. The van der Waals surface area contributed by atoms with Crippen LogP contribution in [0, 0.1) is 11.5 Å². The smallest absolute Gasteiger partial charge is 0.336 e. The maximum absolute atomic E-state index is 11.2. The van der Waals surface area contributed by atoms with Crippen LogP contribution in [0.3, 0.4) is 0 Å². The van der Waals surface area contributed by atoms with Crippen LogP contribution in [-0.2, 0) is 0 Å². The van der Waals surface area contributed by atoms with Gasteiger partial charge in [0.1, 0.15) is 0 Å². The molecule has 1 aromatic carbocycles. The first kappa shape index (κ1) is 9.74. The molecule has 5 nitrogen and oxygen atoms in total. The van der Waals surface area contributed by atoms with E-state index in [9.17, 15) is 9.59 Å². The number of amides is 1. The number of carbonyl (C=O) groups excluding carboxylic acids is 1. The molecule has 0 saturated heterocycles. The predicted molar refractivity (Wildman–Crippen MR) is 46.5 cm³/mol. The second kappa shape index (κ2) is 4.05. The predicted octanol–water partition coefficient (Wildman–Crippen LogP) is 0.596. The maximum atomic E-state index is 11.2. The molecule has 1 aromatic rings. The normalized spacial score (nSPS) is 8.79. The minimum Gasteiger partial charge on any atom is -0.478 e. The summed E-state index contributed by atoms with van der Waals surface area (Å²) in [6.45, 7) is 0. The summed E-state index contributed by atoms with van der Waals surface area (Å²) < 4.78 is 0. The minimum absolute atomic E-state index is 0.0263. The van der Waals surface area contributed by atoms with E-state index in [1.807, 2.05) is 5.32 Å². The quantitative estimate of drug-likeness (QED) is 0.527. The molecule has 0 aromatic heterocycles. The highest BCUT2D eigenvalue weighted by molar-refractivity contribution is 6.05. The number of benzene rings is 1. The van der Waals surface area contributed by atoms with Crippen LogP contribution < -0.4 is 5.32 Å². The average molecular weight is 190 g/mol. The number of rotatable bonds is 2. The van der Waals surface area contributed by atoms with E-state index < -0.39 is 11.9 Å². The molecule has 0 saturated carbocycles. The first-order chi connectivity index (χ1) is 6.66. The van der Waals surface area contributed by atoms with Crippen molar-refractivity contribution in [2.75, 3.05) is 0 Å². The fraction of sp³-hybridized carbons (Fsp3) is 0. The fourth-order valence-electron chi connectivity index (χ4n) is 0.986. The molecule has 1 amide bonds. The van der Waals surface area contributed by atoms with E-state index in [1.54, 1.807) is 0 Å². The summed E-state index contributed by atoms with van der Waals surface area (Å²) in [4.78, 5) is 21.8. The highest BCUT2D eigenvalue weighted by Gasteiger charge is 2.14. The van der Waals surface area contributed by atoms with Gasteiger partial charge in [0.2, 0.25) is 0 Å². The molecule has 0 aliphatic heterocycles. The number of carboxylic acids is 1. The van der Waals surface area contributed by atoms with Crippen molar-refractivity contribution in [1.29, 1.82) is 5.26 Å². The van der Waals surface area contributed by atoms with Crippen LogP contribution in [0.25, 0.3) is 0 Å². The minimum atomic E-state index is -1.20. The lowest BCUT2D eigenvalue weighted by molar-refractivity contribution is 0.0691. The lowest BCUT2D eigenvalue weighted by Crippen LogP contribution is -2.20. The van der Waals surface area contributed by atoms with Gasteiger partial charge < -0.3 is 5.11 Å². The molecule has 0 fully saturated rings. The number of hydrogen-bond donors (Lipinski definition) is 2. The molecule has 0 atom stereocenters. The van der Waals surface area contributed by atoms with E-state index >= 15 is 0 Å². The van der Waals surface area contributed by atoms with Gasteiger partial charge in [0, 0.05) is 0 Å². The second-order valence-electron chi connectivity index (χ2n) is 2.42. The van der Waals surface area contributed by atoms with Crippen LogP contribution in [0.15, 0.2) is 24.3 Å². The number of aromatic carboxylic acids is 1. The van der Waals surface area contributed by atoms with Crippen LogP contribution in [0.4, 0.5) is 0 Å². The molecule has 14 heavy (non-hydrogen) atoms. The summed E-state index contributed by atoms with van der Waals surface area (Å²) in [5.74, 6) is -1.92. The molecule has 0 bridgehead atoms. The van der Waals surface area contributed by atoms with Crippen LogP contribution >= 0.6 is 0 Å². The highest BCUT2D eigenvalue weighted by atomic mass is 16.4. The molecular formula is C9H6N2O3. The van der Waals surface area contributed by atoms with Gasteiger partial charge in [0.15, 0.2) is 6.19 Å². The molecule has 70 valence electrons. The van der Waals surface area contributed by atoms with Crippen molar-refractivity contribution in [2.24, 2.45) is 0 Å². The van der Waals surface area contributed by atoms with E-state index in [0.29, 0.717) is 0 Å². The number of nitrogens with zero attached hydrogens (tertiary/aromatic N) is 1. The molecule has 0 radical (unpaired) electrons. The van der Waals surface area contributed by atoms with Gasteiger partial charge in [-0.3, -0.25) is 10.1 Å². The van der Waals surface area contributed by atoms with E-state index in [4.69, 9.17) is 10.4 Å². The largest absolute Gasteiger partial charge is 0.478 e. The van der Waals surface area contributed by atoms with Crippen molar-refractivity contribution in [3.05, 3.63) is 35.4 Å². The Kier molecular flexibility index (Phi) is 2.82. The summed E-state index contributed by atoms with van der Waals surface area (Å²) in [5.41, 5.74) is -0.151. The molecular weight excluding hydrogens is 184 g/mol. The summed E-state index contributed by atoms with van der Waals surface area (Å²) >= 11 is 0. The third-order valence-electron chi connectivity index (χ3n) is 1.57. The standard InChI is InChI=1S/C9H6N2O3/c10-5-11-8(12)6-3-1-2-4-7(6)9(13)14/h1-4H,(H,11,12)(H,13,14). The first-order valence-corrected chi connectivity index (χ1v) is 3.68. The molecule has 0 unspecified atom stereocenters. The van der Waals surface area contributed by atoms with Gasteiger partial charge in [-0.25, -0.2) is 4.79 Å². The van der Waals surface area contributed by atoms with Gasteiger partial charge in [0.25, 0.3) is 5.91 Å². The van der Waals surface area contributed by atoms with Gasteiger partial charge in [-0.1, -0.05) is 12.1 Å². The van der Waals surface area contributed by atoms with Gasteiger partial charge >= 0.3 is 5.97 Å². The Balaban J connectivity index is 3.15. The van der Waals surface area contributed by atoms with E-state index in [0.717, 1.165) is 0 Å². The van der Waals surface area contributed by atoms with Gasteiger partial charge in [0.05, 0.1) is 11.1 Å². The number of nitriles is 1. The maximum Gasteiger partial charge on any atom is 0.336 e. The Morgan fingerprint density at radius 1 is 1.29 bits per heavy atom. The molecule has 1 rings (SSSR count). The molecule has 0 aliphatic rings.